The Morgan fingerprint density at radius 1 is 0.957 bits per heavy atom. The van der Waals surface area contributed by atoms with Crippen LogP contribution in [0, 0.1) is 0 Å². The molecule has 0 unspecified atom stereocenters. The fourth-order valence-electron chi connectivity index (χ4n) is 2.86. The first-order chi connectivity index (χ1) is 11.3. The zero-order chi connectivity index (χ0) is 15.4. The van der Waals surface area contributed by atoms with Crippen LogP contribution < -0.4 is 15.0 Å². The predicted octanol–water partition coefficient (Wildman–Crippen LogP) is 2.80. The minimum absolute atomic E-state index is 0.185. The predicted molar refractivity (Wildman–Crippen MR) is 85.8 cm³/mol. The summed E-state index contributed by atoms with van der Waals surface area (Å²) in [4.78, 5) is 23.0. The molecule has 1 aliphatic rings. The summed E-state index contributed by atoms with van der Waals surface area (Å²) >= 11 is 0. The van der Waals surface area contributed by atoms with Gasteiger partial charge in [-0.1, -0.05) is 18.2 Å². The summed E-state index contributed by atoms with van der Waals surface area (Å²) in [5.74, 6) is 1.26. The van der Waals surface area contributed by atoms with E-state index in [-0.39, 0.29) is 12.4 Å². The Bertz CT molecular complexity index is 1090. The van der Waals surface area contributed by atoms with E-state index in [4.69, 9.17) is 9.47 Å². The number of benzene rings is 2. The molecule has 0 amide bonds. The summed E-state index contributed by atoms with van der Waals surface area (Å²) in [5, 5.41) is 1.04. The molecule has 0 atom stereocenters. The van der Waals surface area contributed by atoms with Crippen LogP contribution in [-0.2, 0) is 0 Å². The molecule has 5 rings (SSSR count). The second kappa shape index (κ2) is 4.36. The van der Waals surface area contributed by atoms with Gasteiger partial charge in [-0.05, 0) is 12.1 Å². The van der Waals surface area contributed by atoms with Gasteiger partial charge in [0.2, 0.25) is 6.79 Å². The van der Waals surface area contributed by atoms with Crippen molar-refractivity contribution in [3.8, 4) is 22.9 Å². The lowest BCUT2D eigenvalue weighted by Crippen LogP contribution is -2.11. The third-order valence-corrected chi connectivity index (χ3v) is 3.97. The van der Waals surface area contributed by atoms with E-state index in [1.165, 1.54) is 0 Å². The van der Waals surface area contributed by atoms with Gasteiger partial charge in [0.05, 0.1) is 16.7 Å². The monoisotopic (exact) mass is 305 g/mol. The topological polar surface area (TPSA) is 80.0 Å². The molecule has 0 fully saturated rings. The summed E-state index contributed by atoms with van der Waals surface area (Å²) in [6.45, 7) is 0.185. The first-order valence-electron chi connectivity index (χ1n) is 7.20. The number of aromatic nitrogens is 3. The smallest absolute Gasteiger partial charge is 0.276 e. The van der Waals surface area contributed by atoms with Crippen LogP contribution >= 0.6 is 0 Å². The van der Waals surface area contributed by atoms with Gasteiger partial charge in [-0.2, -0.15) is 0 Å². The molecule has 0 saturated heterocycles. The molecule has 0 radical (unpaired) electrons. The van der Waals surface area contributed by atoms with Crippen LogP contribution in [0.2, 0.25) is 0 Å². The number of H-pyrrole nitrogens is 2. The van der Waals surface area contributed by atoms with Crippen molar-refractivity contribution in [1.29, 1.82) is 0 Å². The van der Waals surface area contributed by atoms with Gasteiger partial charge in [0.15, 0.2) is 17.2 Å². The number of hydrogen-bond acceptors (Lipinski definition) is 4. The number of hydrogen-bond donors (Lipinski definition) is 2. The van der Waals surface area contributed by atoms with Crippen LogP contribution in [0.25, 0.3) is 33.3 Å². The van der Waals surface area contributed by atoms with E-state index >= 15 is 0 Å². The average Bonchev–Trinajstić information content (AvgIpc) is 3.17. The highest BCUT2D eigenvalue weighted by atomic mass is 16.7. The highest BCUT2D eigenvalue weighted by molar-refractivity contribution is 5.86. The highest BCUT2D eigenvalue weighted by Crippen LogP contribution is 2.35. The largest absolute Gasteiger partial charge is 0.454 e. The zero-order valence-electron chi connectivity index (χ0n) is 11.9. The minimum atomic E-state index is -0.247. The summed E-state index contributed by atoms with van der Waals surface area (Å²) in [5.41, 5.74) is 3.04. The van der Waals surface area contributed by atoms with Crippen LogP contribution in [0.3, 0.4) is 0 Å². The van der Waals surface area contributed by atoms with Gasteiger partial charge in [0.1, 0.15) is 0 Å². The lowest BCUT2D eigenvalue weighted by atomic mass is 10.2. The van der Waals surface area contributed by atoms with E-state index in [1.54, 1.807) is 12.1 Å². The van der Waals surface area contributed by atoms with Gasteiger partial charge < -0.3 is 19.4 Å². The van der Waals surface area contributed by atoms with Crippen molar-refractivity contribution in [2.45, 2.75) is 0 Å². The first-order valence-corrected chi connectivity index (χ1v) is 7.20. The quantitative estimate of drug-likeness (QED) is 0.566. The van der Waals surface area contributed by atoms with Crippen LogP contribution in [0.4, 0.5) is 0 Å². The van der Waals surface area contributed by atoms with Crippen molar-refractivity contribution < 1.29 is 9.47 Å². The SMILES string of the molecule is O=c1[nH]c2cc3c(cc2nc1-c1cc2ccccc2[nH]1)OCO3. The van der Waals surface area contributed by atoms with Crippen molar-refractivity contribution in [1.82, 2.24) is 15.0 Å². The molecule has 4 aromatic rings. The number of fused-ring (bicyclic) bond motifs is 3. The summed E-state index contributed by atoms with van der Waals surface area (Å²) in [6.07, 6.45) is 0. The van der Waals surface area contributed by atoms with E-state index in [2.05, 4.69) is 15.0 Å². The number of nitrogens with zero attached hydrogens (tertiary/aromatic N) is 1. The van der Waals surface area contributed by atoms with Crippen molar-refractivity contribution in [3.05, 3.63) is 52.8 Å². The van der Waals surface area contributed by atoms with Crippen LogP contribution in [0.15, 0.2) is 47.3 Å². The number of nitrogens with one attached hydrogen (secondary N) is 2. The maximum Gasteiger partial charge on any atom is 0.276 e. The Hall–Kier alpha value is -3.28. The average molecular weight is 305 g/mol. The third-order valence-electron chi connectivity index (χ3n) is 3.97. The van der Waals surface area contributed by atoms with E-state index in [0.717, 1.165) is 10.9 Å². The molecule has 1 aliphatic heterocycles. The first kappa shape index (κ1) is 12.3. The van der Waals surface area contributed by atoms with Gasteiger partial charge >= 0.3 is 0 Å². The fraction of sp³-hybridized carbons (Fsp3) is 0.0588. The standard InChI is InChI=1S/C17H11N3O3/c21-17-16(13-5-9-3-1-2-4-10(9)18-13)19-11-6-14-15(23-8-22-14)7-12(11)20-17/h1-7,18H,8H2,(H,20,21). The highest BCUT2D eigenvalue weighted by Gasteiger charge is 2.17. The Balaban J connectivity index is 1.76. The molecule has 2 N–H and O–H groups in total. The Labute approximate surface area is 129 Å². The molecule has 6 nitrogen and oxygen atoms in total. The fourth-order valence-corrected chi connectivity index (χ4v) is 2.86. The van der Waals surface area contributed by atoms with E-state index < -0.39 is 0 Å². The molecule has 2 aromatic carbocycles. The normalized spacial score (nSPS) is 13.0. The molecular formula is C17H11N3O3. The second-order valence-corrected chi connectivity index (χ2v) is 5.41. The number of aromatic amines is 2. The van der Waals surface area contributed by atoms with Crippen molar-refractivity contribution in [3.63, 3.8) is 0 Å². The lowest BCUT2D eigenvalue weighted by molar-refractivity contribution is 0.174. The zero-order valence-corrected chi connectivity index (χ0v) is 11.9. The van der Waals surface area contributed by atoms with Gasteiger partial charge in [0, 0.05) is 23.0 Å². The summed E-state index contributed by atoms with van der Waals surface area (Å²) < 4.78 is 10.7. The van der Waals surface area contributed by atoms with Crippen molar-refractivity contribution >= 4 is 21.9 Å². The Morgan fingerprint density at radius 3 is 2.65 bits per heavy atom. The maximum absolute atomic E-state index is 12.4. The number of rotatable bonds is 1. The Kier molecular flexibility index (Phi) is 2.33. The number of para-hydroxylation sites is 1. The molecule has 0 spiro atoms. The van der Waals surface area contributed by atoms with Gasteiger partial charge in [-0.3, -0.25) is 4.79 Å². The molecule has 0 aliphatic carbocycles. The minimum Gasteiger partial charge on any atom is -0.454 e. The molecule has 112 valence electrons. The molecule has 0 saturated carbocycles. The number of ether oxygens (including phenoxy) is 2. The molecule has 3 heterocycles. The van der Waals surface area contributed by atoms with Crippen molar-refractivity contribution in [2.24, 2.45) is 0 Å². The molecule has 0 bridgehead atoms. The lowest BCUT2D eigenvalue weighted by Gasteiger charge is -2.02. The van der Waals surface area contributed by atoms with E-state index in [1.807, 2.05) is 30.3 Å². The third kappa shape index (κ3) is 1.81. The van der Waals surface area contributed by atoms with Gasteiger partial charge in [-0.25, -0.2) is 4.98 Å². The Morgan fingerprint density at radius 2 is 1.78 bits per heavy atom. The van der Waals surface area contributed by atoms with Crippen molar-refractivity contribution in [2.75, 3.05) is 6.79 Å². The summed E-state index contributed by atoms with van der Waals surface area (Å²) in [7, 11) is 0. The van der Waals surface area contributed by atoms with E-state index in [9.17, 15) is 4.79 Å². The van der Waals surface area contributed by atoms with Gasteiger partial charge in [-0.15, -0.1) is 0 Å². The maximum atomic E-state index is 12.4. The van der Waals surface area contributed by atoms with Crippen LogP contribution in [-0.4, -0.2) is 21.7 Å². The van der Waals surface area contributed by atoms with E-state index in [0.29, 0.717) is 33.9 Å². The molecule has 23 heavy (non-hydrogen) atoms. The molecule has 2 aromatic heterocycles. The molecular weight excluding hydrogens is 294 g/mol. The van der Waals surface area contributed by atoms with Crippen LogP contribution in [0.1, 0.15) is 0 Å². The molecule has 6 heteroatoms. The van der Waals surface area contributed by atoms with Crippen LogP contribution in [0.5, 0.6) is 11.5 Å². The second-order valence-electron chi connectivity index (χ2n) is 5.41. The van der Waals surface area contributed by atoms with Gasteiger partial charge in [0.25, 0.3) is 5.56 Å². The summed E-state index contributed by atoms with van der Waals surface area (Å²) in [6, 6.07) is 13.3.